The van der Waals surface area contributed by atoms with Crippen LogP contribution in [0.25, 0.3) is 0 Å². The minimum atomic E-state index is -0.664. The molecule has 1 aromatic heterocycles. The fourth-order valence-corrected chi connectivity index (χ4v) is 1.19. The number of carbonyl (C=O) groups is 1. The first-order valence-corrected chi connectivity index (χ1v) is 5.20. The van der Waals surface area contributed by atoms with Crippen molar-refractivity contribution in [1.29, 1.82) is 0 Å². The predicted molar refractivity (Wildman–Crippen MR) is 59.1 cm³/mol. The zero-order valence-corrected chi connectivity index (χ0v) is 8.94. The molecule has 1 heterocycles. The summed E-state index contributed by atoms with van der Waals surface area (Å²) >= 11 is 0. The van der Waals surface area contributed by atoms with E-state index in [0.29, 0.717) is 12.2 Å². The molecular formula is C11H17N3O. The molecule has 0 bridgehead atoms. The number of nitrogens with one attached hydrogen (secondary N) is 1. The standard InChI is InChI=1S/C11H17N3O/c1-2-3-7-14-11(15)10(12)9-6-4-5-8-13-9/h4-6,8,10H,2-3,7,12H2,1H3,(H,14,15). The van der Waals surface area contributed by atoms with Crippen LogP contribution in [0.4, 0.5) is 0 Å². The monoisotopic (exact) mass is 207 g/mol. The molecule has 3 N–H and O–H groups in total. The lowest BCUT2D eigenvalue weighted by Gasteiger charge is -2.10. The van der Waals surface area contributed by atoms with E-state index in [1.54, 1.807) is 18.3 Å². The van der Waals surface area contributed by atoms with Gasteiger partial charge in [-0.1, -0.05) is 19.4 Å². The number of carbonyl (C=O) groups excluding carboxylic acids is 1. The van der Waals surface area contributed by atoms with Gasteiger partial charge in [0.2, 0.25) is 5.91 Å². The highest BCUT2D eigenvalue weighted by atomic mass is 16.2. The zero-order chi connectivity index (χ0) is 11.1. The van der Waals surface area contributed by atoms with E-state index in [-0.39, 0.29) is 5.91 Å². The van der Waals surface area contributed by atoms with Gasteiger partial charge in [0.1, 0.15) is 6.04 Å². The summed E-state index contributed by atoms with van der Waals surface area (Å²) < 4.78 is 0. The second kappa shape index (κ2) is 6.14. The van der Waals surface area contributed by atoms with Crippen molar-refractivity contribution in [3.63, 3.8) is 0 Å². The van der Waals surface area contributed by atoms with Crippen LogP contribution in [-0.4, -0.2) is 17.4 Å². The van der Waals surface area contributed by atoms with Gasteiger partial charge in [-0.15, -0.1) is 0 Å². The third-order valence-electron chi connectivity index (χ3n) is 2.12. The highest BCUT2D eigenvalue weighted by Crippen LogP contribution is 2.05. The van der Waals surface area contributed by atoms with Crippen molar-refractivity contribution in [3.05, 3.63) is 30.1 Å². The molecule has 1 amide bonds. The lowest BCUT2D eigenvalue weighted by atomic mass is 10.2. The van der Waals surface area contributed by atoms with Crippen molar-refractivity contribution >= 4 is 5.91 Å². The summed E-state index contributed by atoms with van der Waals surface area (Å²) in [6, 6.07) is 4.71. The number of hydrogen-bond donors (Lipinski definition) is 2. The molecule has 0 aliphatic carbocycles. The number of nitrogens with two attached hydrogens (primary N) is 1. The van der Waals surface area contributed by atoms with Gasteiger partial charge in [-0.2, -0.15) is 0 Å². The molecule has 1 unspecified atom stereocenters. The Kier molecular flexibility index (Phi) is 4.77. The summed E-state index contributed by atoms with van der Waals surface area (Å²) in [4.78, 5) is 15.6. The highest BCUT2D eigenvalue weighted by Gasteiger charge is 2.15. The molecular weight excluding hydrogens is 190 g/mol. The van der Waals surface area contributed by atoms with Gasteiger partial charge in [0, 0.05) is 12.7 Å². The first-order chi connectivity index (χ1) is 7.25. The number of rotatable bonds is 5. The first-order valence-electron chi connectivity index (χ1n) is 5.20. The fourth-order valence-electron chi connectivity index (χ4n) is 1.19. The Labute approximate surface area is 89.9 Å². The van der Waals surface area contributed by atoms with E-state index in [4.69, 9.17) is 5.73 Å². The largest absolute Gasteiger partial charge is 0.354 e. The molecule has 1 rings (SSSR count). The normalized spacial score (nSPS) is 12.1. The summed E-state index contributed by atoms with van der Waals surface area (Å²) in [6.45, 7) is 2.75. The van der Waals surface area contributed by atoms with Gasteiger partial charge in [-0.3, -0.25) is 9.78 Å². The molecule has 4 nitrogen and oxygen atoms in total. The van der Waals surface area contributed by atoms with Gasteiger partial charge in [0.25, 0.3) is 0 Å². The molecule has 0 saturated carbocycles. The Balaban J connectivity index is 2.46. The van der Waals surface area contributed by atoms with Crippen LogP contribution >= 0.6 is 0 Å². The van der Waals surface area contributed by atoms with E-state index in [1.165, 1.54) is 0 Å². The second-order valence-electron chi connectivity index (χ2n) is 3.38. The molecule has 0 aliphatic rings. The quantitative estimate of drug-likeness (QED) is 0.708. The van der Waals surface area contributed by atoms with E-state index in [0.717, 1.165) is 12.8 Å². The summed E-state index contributed by atoms with van der Waals surface area (Å²) in [5.74, 6) is -0.165. The van der Waals surface area contributed by atoms with Crippen molar-refractivity contribution in [2.45, 2.75) is 25.8 Å². The van der Waals surface area contributed by atoms with Crippen molar-refractivity contribution in [2.75, 3.05) is 6.54 Å². The topological polar surface area (TPSA) is 68.0 Å². The Hall–Kier alpha value is -1.42. The van der Waals surface area contributed by atoms with Crippen LogP contribution in [0.5, 0.6) is 0 Å². The van der Waals surface area contributed by atoms with Crippen LogP contribution in [0.2, 0.25) is 0 Å². The molecule has 15 heavy (non-hydrogen) atoms. The Morgan fingerprint density at radius 3 is 3.00 bits per heavy atom. The maximum Gasteiger partial charge on any atom is 0.243 e. The third kappa shape index (κ3) is 3.67. The van der Waals surface area contributed by atoms with Crippen LogP contribution < -0.4 is 11.1 Å². The fraction of sp³-hybridized carbons (Fsp3) is 0.455. The van der Waals surface area contributed by atoms with Crippen molar-refractivity contribution in [3.8, 4) is 0 Å². The number of aromatic nitrogens is 1. The van der Waals surface area contributed by atoms with Gasteiger partial charge < -0.3 is 11.1 Å². The van der Waals surface area contributed by atoms with Crippen LogP contribution in [0, 0.1) is 0 Å². The molecule has 0 aromatic carbocycles. The average molecular weight is 207 g/mol. The number of unbranched alkanes of at least 4 members (excludes halogenated alkanes) is 1. The zero-order valence-electron chi connectivity index (χ0n) is 8.94. The summed E-state index contributed by atoms with van der Waals surface area (Å²) in [7, 11) is 0. The summed E-state index contributed by atoms with van der Waals surface area (Å²) in [5, 5.41) is 2.78. The SMILES string of the molecule is CCCCNC(=O)C(N)c1ccccn1. The Morgan fingerprint density at radius 1 is 1.60 bits per heavy atom. The minimum Gasteiger partial charge on any atom is -0.354 e. The van der Waals surface area contributed by atoms with Gasteiger partial charge in [-0.05, 0) is 18.6 Å². The molecule has 0 aliphatic heterocycles. The maximum atomic E-state index is 11.5. The Morgan fingerprint density at radius 2 is 2.40 bits per heavy atom. The van der Waals surface area contributed by atoms with Crippen LogP contribution in [0.1, 0.15) is 31.5 Å². The van der Waals surface area contributed by atoms with Crippen molar-refractivity contribution in [2.24, 2.45) is 5.73 Å². The van der Waals surface area contributed by atoms with E-state index in [2.05, 4.69) is 17.2 Å². The predicted octanol–water partition coefficient (Wildman–Crippen LogP) is 0.998. The van der Waals surface area contributed by atoms with Crippen LogP contribution in [-0.2, 0) is 4.79 Å². The first kappa shape index (κ1) is 11.7. The number of hydrogen-bond acceptors (Lipinski definition) is 3. The lowest BCUT2D eigenvalue weighted by Crippen LogP contribution is -2.35. The van der Waals surface area contributed by atoms with E-state index >= 15 is 0 Å². The maximum absolute atomic E-state index is 11.5. The van der Waals surface area contributed by atoms with E-state index in [9.17, 15) is 4.79 Å². The van der Waals surface area contributed by atoms with Crippen molar-refractivity contribution < 1.29 is 4.79 Å². The molecule has 0 fully saturated rings. The highest BCUT2D eigenvalue weighted by molar-refractivity contribution is 5.82. The molecule has 82 valence electrons. The molecule has 4 heteroatoms. The summed E-state index contributed by atoms with van der Waals surface area (Å²) in [6.07, 6.45) is 3.66. The molecule has 1 aromatic rings. The lowest BCUT2D eigenvalue weighted by molar-refractivity contribution is -0.122. The third-order valence-corrected chi connectivity index (χ3v) is 2.12. The smallest absolute Gasteiger partial charge is 0.243 e. The molecule has 0 spiro atoms. The van der Waals surface area contributed by atoms with E-state index < -0.39 is 6.04 Å². The van der Waals surface area contributed by atoms with Gasteiger partial charge in [0.05, 0.1) is 5.69 Å². The average Bonchev–Trinajstić information content (AvgIpc) is 2.29. The van der Waals surface area contributed by atoms with Crippen LogP contribution in [0.3, 0.4) is 0 Å². The minimum absolute atomic E-state index is 0.165. The molecule has 1 atom stereocenters. The number of amides is 1. The number of nitrogens with zero attached hydrogens (tertiary/aromatic N) is 1. The van der Waals surface area contributed by atoms with Crippen molar-refractivity contribution in [1.82, 2.24) is 10.3 Å². The van der Waals surface area contributed by atoms with Gasteiger partial charge in [0.15, 0.2) is 0 Å². The summed E-state index contributed by atoms with van der Waals surface area (Å²) in [5.41, 5.74) is 6.35. The van der Waals surface area contributed by atoms with E-state index in [1.807, 2.05) is 6.07 Å². The number of pyridine rings is 1. The van der Waals surface area contributed by atoms with Gasteiger partial charge in [-0.25, -0.2) is 0 Å². The second-order valence-corrected chi connectivity index (χ2v) is 3.38. The Bertz CT molecular complexity index is 300. The molecule has 0 radical (unpaired) electrons. The molecule has 0 saturated heterocycles. The van der Waals surface area contributed by atoms with Gasteiger partial charge >= 0.3 is 0 Å². The van der Waals surface area contributed by atoms with Crippen LogP contribution in [0.15, 0.2) is 24.4 Å².